The fourth-order valence-electron chi connectivity index (χ4n) is 2.03. The normalized spacial score (nSPS) is 12.6. The Morgan fingerprint density at radius 1 is 1.47 bits per heavy atom. The van der Waals surface area contributed by atoms with Crippen molar-refractivity contribution in [2.45, 2.75) is 32.7 Å². The molecule has 0 fully saturated rings. The van der Waals surface area contributed by atoms with Crippen molar-refractivity contribution in [2.24, 2.45) is 0 Å². The first kappa shape index (κ1) is 12.2. The van der Waals surface area contributed by atoms with Gasteiger partial charge < -0.3 is 9.88 Å². The van der Waals surface area contributed by atoms with Crippen LogP contribution in [0.15, 0.2) is 29.9 Å². The molecule has 0 aromatic carbocycles. The van der Waals surface area contributed by atoms with Crippen molar-refractivity contribution in [2.75, 3.05) is 11.9 Å². The first-order valence-electron chi connectivity index (χ1n) is 6.17. The minimum atomic E-state index is 0.413. The molecule has 1 atom stereocenters. The van der Waals surface area contributed by atoms with Gasteiger partial charge in [-0.2, -0.15) is 0 Å². The highest BCUT2D eigenvalue weighted by atomic mass is 32.1. The quantitative estimate of drug-likeness (QED) is 0.844. The maximum absolute atomic E-state index is 4.38. The molecule has 0 aliphatic carbocycles. The molecule has 0 spiro atoms. The molecule has 2 heterocycles. The average Bonchev–Trinajstić information content (AvgIpc) is 2.97. The summed E-state index contributed by atoms with van der Waals surface area (Å²) in [5.74, 6) is 0.972. The maximum Gasteiger partial charge on any atom is 0.203 e. The predicted molar refractivity (Wildman–Crippen MR) is 73.8 cm³/mol. The molecule has 0 aliphatic rings. The predicted octanol–water partition coefficient (Wildman–Crippen LogP) is 3.77. The van der Waals surface area contributed by atoms with Crippen molar-refractivity contribution in [1.29, 1.82) is 0 Å². The number of hydrogen-bond acceptors (Lipinski definition) is 3. The third kappa shape index (κ3) is 2.69. The van der Waals surface area contributed by atoms with Gasteiger partial charge in [0.1, 0.15) is 0 Å². The zero-order valence-corrected chi connectivity index (χ0v) is 11.2. The van der Waals surface area contributed by atoms with Crippen LogP contribution in [0.25, 0.3) is 0 Å². The number of nitrogens with one attached hydrogen (secondary N) is 1. The molecule has 3 nitrogen and oxygen atoms in total. The Morgan fingerprint density at radius 3 is 3.00 bits per heavy atom. The van der Waals surface area contributed by atoms with Crippen molar-refractivity contribution < 1.29 is 0 Å². The molecule has 0 saturated carbocycles. The molecule has 1 N–H and O–H groups in total. The van der Waals surface area contributed by atoms with Crippen LogP contribution in [-0.2, 0) is 0 Å². The number of anilines is 1. The minimum absolute atomic E-state index is 0.413. The first-order chi connectivity index (χ1) is 8.36. The van der Waals surface area contributed by atoms with Crippen molar-refractivity contribution in [1.82, 2.24) is 9.55 Å². The van der Waals surface area contributed by atoms with Crippen LogP contribution in [0.3, 0.4) is 0 Å². The minimum Gasteiger partial charge on any atom is -0.356 e. The van der Waals surface area contributed by atoms with Gasteiger partial charge in [-0.1, -0.05) is 19.4 Å². The summed E-state index contributed by atoms with van der Waals surface area (Å²) in [6.45, 7) is 5.23. The zero-order chi connectivity index (χ0) is 12.1. The van der Waals surface area contributed by atoms with E-state index in [9.17, 15) is 0 Å². The summed E-state index contributed by atoms with van der Waals surface area (Å²) < 4.78 is 2.25. The fraction of sp³-hybridized carbons (Fsp3) is 0.462. The molecule has 17 heavy (non-hydrogen) atoms. The molecule has 1 unspecified atom stereocenters. The Morgan fingerprint density at radius 2 is 2.35 bits per heavy atom. The third-order valence-electron chi connectivity index (χ3n) is 2.77. The summed E-state index contributed by atoms with van der Waals surface area (Å²) in [5.41, 5.74) is 0. The van der Waals surface area contributed by atoms with Crippen LogP contribution in [0, 0.1) is 0 Å². The van der Waals surface area contributed by atoms with Gasteiger partial charge in [-0.05, 0) is 24.8 Å². The smallest absolute Gasteiger partial charge is 0.203 e. The van der Waals surface area contributed by atoms with Crippen LogP contribution in [0.2, 0.25) is 0 Å². The van der Waals surface area contributed by atoms with Crippen LogP contribution < -0.4 is 5.32 Å². The number of rotatable bonds is 6. The number of nitrogens with zero attached hydrogens (tertiary/aromatic N) is 2. The molecule has 92 valence electrons. The van der Waals surface area contributed by atoms with Gasteiger partial charge in [0.25, 0.3) is 0 Å². The highest BCUT2D eigenvalue weighted by Crippen LogP contribution is 2.29. The Bertz CT molecular complexity index is 433. The van der Waals surface area contributed by atoms with E-state index in [0.717, 1.165) is 18.9 Å². The molecule has 0 amide bonds. The molecule has 4 heteroatoms. The summed E-state index contributed by atoms with van der Waals surface area (Å²) >= 11 is 1.82. The number of aromatic nitrogens is 2. The van der Waals surface area contributed by atoms with Crippen molar-refractivity contribution >= 4 is 17.3 Å². The van der Waals surface area contributed by atoms with E-state index in [4.69, 9.17) is 0 Å². The second kappa shape index (κ2) is 5.87. The second-order valence-corrected chi connectivity index (χ2v) is 4.99. The average molecular weight is 249 g/mol. The van der Waals surface area contributed by atoms with Gasteiger partial charge in [0.05, 0.1) is 6.04 Å². The summed E-state index contributed by atoms with van der Waals surface area (Å²) in [4.78, 5) is 5.78. The summed E-state index contributed by atoms with van der Waals surface area (Å²) in [7, 11) is 0. The van der Waals surface area contributed by atoms with Crippen LogP contribution in [0.5, 0.6) is 0 Å². The van der Waals surface area contributed by atoms with E-state index in [1.165, 1.54) is 11.3 Å². The first-order valence-corrected chi connectivity index (χ1v) is 7.04. The zero-order valence-electron chi connectivity index (χ0n) is 10.4. The molecular formula is C13H19N3S. The maximum atomic E-state index is 4.38. The molecule has 0 radical (unpaired) electrons. The third-order valence-corrected chi connectivity index (χ3v) is 3.75. The van der Waals surface area contributed by atoms with Gasteiger partial charge in [-0.25, -0.2) is 4.98 Å². The Balaban J connectivity index is 2.29. The van der Waals surface area contributed by atoms with E-state index in [0.29, 0.717) is 6.04 Å². The van der Waals surface area contributed by atoms with E-state index in [-0.39, 0.29) is 0 Å². The largest absolute Gasteiger partial charge is 0.356 e. The molecule has 0 aliphatic heterocycles. The van der Waals surface area contributed by atoms with Crippen molar-refractivity contribution in [3.8, 4) is 0 Å². The highest BCUT2D eigenvalue weighted by molar-refractivity contribution is 7.10. The van der Waals surface area contributed by atoms with Crippen LogP contribution >= 0.6 is 11.3 Å². The van der Waals surface area contributed by atoms with Gasteiger partial charge in [-0.3, -0.25) is 0 Å². The Labute approximate surface area is 107 Å². The second-order valence-electron chi connectivity index (χ2n) is 4.01. The van der Waals surface area contributed by atoms with Gasteiger partial charge in [0.15, 0.2) is 0 Å². The standard InChI is InChI=1S/C13H19N3S/c1-3-6-11(12-7-5-10-17-12)16-9-8-15-13(16)14-4-2/h5,7-11H,3-4,6H2,1-2H3,(H,14,15). The lowest BCUT2D eigenvalue weighted by molar-refractivity contribution is 0.545. The molecule has 0 bridgehead atoms. The van der Waals surface area contributed by atoms with Gasteiger partial charge in [0.2, 0.25) is 5.95 Å². The van der Waals surface area contributed by atoms with E-state index in [1.54, 1.807) is 0 Å². The lowest BCUT2D eigenvalue weighted by Crippen LogP contribution is -2.13. The molecular weight excluding hydrogens is 230 g/mol. The van der Waals surface area contributed by atoms with E-state index < -0.39 is 0 Å². The topological polar surface area (TPSA) is 29.9 Å². The molecule has 2 rings (SSSR count). The molecule has 0 saturated heterocycles. The lowest BCUT2D eigenvalue weighted by atomic mass is 10.1. The monoisotopic (exact) mass is 249 g/mol. The number of hydrogen-bond donors (Lipinski definition) is 1. The fourth-order valence-corrected chi connectivity index (χ4v) is 2.89. The van der Waals surface area contributed by atoms with Gasteiger partial charge >= 0.3 is 0 Å². The molecule has 2 aromatic heterocycles. The van der Waals surface area contributed by atoms with E-state index in [2.05, 4.69) is 52.4 Å². The van der Waals surface area contributed by atoms with Crippen LogP contribution in [0.1, 0.15) is 37.6 Å². The van der Waals surface area contributed by atoms with Gasteiger partial charge in [0, 0.05) is 23.8 Å². The highest BCUT2D eigenvalue weighted by Gasteiger charge is 2.16. The SMILES string of the molecule is CCCC(c1cccs1)n1ccnc1NCC. The van der Waals surface area contributed by atoms with Crippen molar-refractivity contribution in [3.05, 3.63) is 34.8 Å². The summed E-state index contributed by atoms with van der Waals surface area (Å²) in [6, 6.07) is 4.74. The Hall–Kier alpha value is -1.29. The van der Waals surface area contributed by atoms with E-state index in [1.807, 2.05) is 17.5 Å². The lowest BCUT2D eigenvalue weighted by Gasteiger charge is -2.19. The number of thiophene rings is 1. The van der Waals surface area contributed by atoms with Crippen molar-refractivity contribution in [3.63, 3.8) is 0 Å². The molecule has 2 aromatic rings. The Kier molecular flexibility index (Phi) is 4.20. The number of imidazole rings is 1. The summed E-state index contributed by atoms with van der Waals surface area (Å²) in [6.07, 6.45) is 6.26. The van der Waals surface area contributed by atoms with Crippen LogP contribution in [-0.4, -0.2) is 16.1 Å². The van der Waals surface area contributed by atoms with Gasteiger partial charge in [-0.15, -0.1) is 11.3 Å². The summed E-state index contributed by atoms with van der Waals surface area (Å²) in [5, 5.41) is 5.45. The van der Waals surface area contributed by atoms with E-state index >= 15 is 0 Å². The van der Waals surface area contributed by atoms with Crippen LogP contribution in [0.4, 0.5) is 5.95 Å².